The van der Waals surface area contributed by atoms with Crippen LogP contribution in [-0.4, -0.2) is 38.2 Å². The molecule has 6 nitrogen and oxygen atoms in total. The molecule has 2 N–H and O–H groups in total. The second-order valence-corrected chi connectivity index (χ2v) is 6.71. The summed E-state index contributed by atoms with van der Waals surface area (Å²) >= 11 is 0. The molecule has 0 aromatic heterocycles. The summed E-state index contributed by atoms with van der Waals surface area (Å²) in [5.41, 5.74) is 3.39. The van der Waals surface area contributed by atoms with Crippen molar-refractivity contribution in [1.29, 1.82) is 0 Å². The summed E-state index contributed by atoms with van der Waals surface area (Å²) in [7, 11) is 3.19. The zero-order valence-corrected chi connectivity index (χ0v) is 17.1. The van der Waals surface area contributed by atoms with Gasteiger partial charge < -0.3 is 15.4 Å². The summed E-state index contributed by atoms with van der Waals surface area (Å²) in [4.78, 5) is 21.0. The molecule has 1 aliphatic rings. The lowest BCUT2D eigenvalue weighted by Gasteiger charge is -2.20. The molecule has 0 atom stereocenters. The van der Waals surface area contributed by atoms with E-state index in [9.17, 15) is 9.18 Å². The zero-order valence-electron chi connectivity index (χ0n) is 17.1. The Kier molecular flexibility index (Phi) is 6.41. The van der Waals surface area contributed by atoms with Crippen LogP contribution in [0.2, 0.25) is 0 Å². The number of nitrogens with one attached hydrogen (secondary N) is 2. The maximum absolute atomic E-state index is 13.2. The van der Waals surface area contributed by atoms with Gasteiger partial charge in [-0.2, -0.15) is 0 Å². The van der Waals surface area contributed by atoms with E-state index in [0.29, 0.717) is 35.2 Å². The predicted octanol–water partition coefficient (Wildman–Crippen LogP) is 3.64. The van der Waals surface area contributed by atoms with Crippen LogP contribution in [0.25, 0.3) is 0 Å². The van der Waals surface area contributed by atoms with Gasteiger partial charge in [-0.05, 0) is 48.9 Å². The number of halogens is 1. The summed E-state index contributed by atoms with van der Waals surface area (Å²) in [6.45, 7) is 6.16. The molecule has 0 saturated heterocycles. The molecule has 0 amide bonds. The van der Waals surface area contributed by atoms with Crippen LogP contribution < -0.4 is 15.4 Å². The summed E-state index contributed by atoms with van der Waals surface area (Å²) < 4.78 is 18.6. The molecule has 2 aromatic rings. The molecule has 0 aliphatic carbocycles. The molecular weight excluding hydrogens is 383 g/mol. The number of methoxy groups -OCH3 is 1. The molecule has 1 aliphatic heterocycles. The number of aryl methyl sites for hydroxylation is 1. The second-order valence-electron chi connectivity index (χ2n) is 6.71. The van der Waals surface area contributed by atoms with Crippen molar-refractivity contribution in [3.8, 4) is 5.75 Å². The second kappa shape index (κ2) is 9.17. The van der Waals surface area contributed by atoms with E-state index >= 15 is 0 Å². The number of anilines is 1. The van der Waals surface area contributed by atoms with Crippen molar-refractivity contribution < 1.29 is 13.9 Å². The molecule has 30 heavy (non-hydrogen) atoms. The minimum Gasteiger partial charge on any atom is -0.495 e. The van der Waals surface area contributed by atoms with Gasteiger partial charge in [-0.25, -0.2) is 9.38 Å². The van der Waals surface area contributed by atoms with Crippen LogP contribution in [0.15, 0.2) is 76.4 Å². The highest BCUT2D eigenvalue weighted by molar-refractivity contribution is 6.29. The molecule has 0 unspecified atom stereocenters. The first-order valence-corrected chi connectivity index (χ1v) is 9.32. The minimum atomic E-state index is -0.347. The first kappa shape index (κ1) is 21.0. The number of ketones is 1. The number of hydrogen-bond acceptors (Lipinski definition) is 4. The molecule has 0 bridgehead atoms. The number of hydrogen-bond donors (Lipinski definition) is 2. The van der Waals surface area contributed by atoms with Crippen LogP contribution in [0.5, 0.6) is 5.75 Å². The Morgan fingerprint density at radius 1 is 1.23 bits per heavy atom. The lowest BCUT2D eigenvalue weighted by atomic mass is 10.1. The lowest BCUT2D eigenvalue weighted by molar-refractivity contribution is -0.111. The highest BCUT2D eigenvalue weighted by Gasteiger charge is 2.21. The van der Waals surface area contributed by atoms with Crippen LogP contribution in [0.1, 0.15) is 11.1 Å². The SMILES string of the molecule is C=C1C(=O)C=C(CNc2cc(C)ccc2OC)NC1=NC(=NC)c1ccc(F)cc1. The van der Waals surface area contributed by atoms with Gasteiger partial charge in [-0.3, -0.25) is 9.79 Å². The standard InChI is InChI=1S/C23H23FN4O2/c1-14-5-10-21(30-4)19(11-14)26-13-18-12-20(29)15(2)22(27-18)28-23(25-3)16-6-8-17(24)9-7-16/h5-12,26H,2,13H2,1,3-4H3,(H,25,27,28). The van der Waals surface area contributed by atoms with E-state index in [-0.39, 0.29) is 17.2 Å². The maximum Gasteiger partial charge on any atom is 0.190 e. The van der Waals surface area contributed by atoms with Gasteiger partial charge in [0, 0.05) is 24.4 Å². The Balaban J connectivity index is 1.81. The lowest BCUT2D eigenvalue weighted by Crippen LogP contribution is -2.35. The molecular formula is C23H23FN4O2. The monoisotopic (exact) mass is 406 g/mol. The van der Waals surface area contributed by atoms with Crippen LogP contribution >= 0.6 is 0 Å². The van der Waals surface area contributed by atoms with Gasteiger partial charge in [0.2, 0.25) is 0 Å². The molecule has 2 aromatic carbocycles. The predicted molar refractivity (Wildman–Crippen MR) is 118 cm³/mol. The highest BCUT2D eigenvalue weighted by atomic mass is 19.1. The molecule has 0 spiro atoms. The first-order valence-electron chi connectivity index (χ1n) is 9.32. The number of carbonyl (C=O) groups excluding carboxylic acids is 1. The van der Waals surface area contributed by atoms with E-state index in [4.69, 9.17) is 4.74 Å². The number of rotatable bonds is 5. The van der Waals surface area contributed by atoms with E-state index in [1.54, 1.807) is 26.3 Å². The van der Waals surface area contributed by atoms with E-state index in [0.717, 1.165) is 11.3 Å². The summed E-state index contributed by atoms with van der Waals surface area (Å²) in [6, 6.07) is 11.6. The van der Waals surface area contributed by atoms with E-state index < -0.39 is 0 Å². The summed E-state index contributed by atoms with van der Waals surface area (Å²) in [5.74, 6) is 0.787. The third kappa shape index (κ3) is 4.81. The Labute approximate surface area is 174 Å². The Morgan fingerprint density at radius 3 is 2.63 bits per heavy atom. The maximum atomic E-state index is 13.2. The molecule has 3 rings (SSSR count). The van der Waals surface area contributed by atoms with Crippen molar-refractivity contribution in [2.24, 2.45) is 9.98 Å². The third-order valence-electron chi connectivity index (χ3n) is 4.52. The quantitative estimate of drug-likeness (QED) is 0.452. The van der Waals surface area contributed by atoms with E-state index in [1.807, 2.05) is 25.1 Å². The van der Waals surface area contributed by atoms with Crippen molar-refractivity contribution in [2.45, 2.75) is 6.92 Å². The highest BCUT2D eigenvalue weighted by Crippen LogP contribution is 2.25. The van der Waals surface area contributed by atoms with E-state index in [2.05, 4.69) is 27.2 Å². The average Bonchev–Trinajstić information content (AvgIpc) is 2.74. The third-order valence-corrected chi connectivity index (χ3v) is 4.52. The van der Waals surface area contributed by atoms with Crippen molar-refractivity contribution in [3.63, 3.8) is 0 Å². The van der Waals surface area contributed by atoms with Gasteiger partial charge in [0.05, 0.1) is 24.9 Å². The molecule has 1 heterocycles. The van der Waals surface area contributed by atoms with Gasteiger partial charge in [0.1, 0.15) is 17.4 Å². The van der Waals surface area contributed by atoms with Gasteiger partial charge in [-0.15, -0.1) is 0 Å². The van der Waals surface area contributed by atoms with Crippen LogP contribution in [-0.2, 0) is 4.79 Å². The van der Waals surface area contributed by atoms with Crippen molar-refractivity contribution in [1.82, 2.24) is 5.32 Å². The molecule has 0 saturated carbocycles. The Hall–Kier alpha value is -3.74. The van der Waals surface area contributed by atoms with Crippen LogP contribution in [0.3, 0.4) is 0 Å². The normalized spacial score (nSPS) is 15.7. The topological polar surface area (TPSA) is 75.1 Å². The van der Waals surface area contributed by atoms with Crippen molar-refractivity contribution in [2.75, 3.05) is 26.0 Å². The number of amidine groups is 2. The van der Waals surface area contributed by atoms with Gasteiger partial charge in [0.25, 0.3) is 0 Å². The fourth-order valence-corrected chi connectivity index (χ4v) is 2.92. The van der Waals surface area contributed by atoms with Gasteiger partial charge in [0.15, 0.2) is 11.6 Å². The number of nitrogens with zero attached hydrogens (tertiary/aromatic N) is 2. The molecule has 154 valence electrons. The molecule has 7 heteroatoms. The number of carbonyl (C=O) groups is 1. The Morgan fingerprint density at radius 2 is 1.97 bits per heavy atom. The van der Waals surface area contributed by atoms with Crippen LogP contribution in [0.4, 0.5) is 10.1 Å². The van der Waals surface area contributed by atoms with Gasteiger partial charge >= 0.3 is 0 Å². The number of benzene rings is 2. The molecule has 0 radical (unpaired) electrons. The summed E-state index contributed by atoms with van der Waals surface area (Å²) in [6.07, 6.45) is 1.48. The number of ether oxygens (including phenoxy) is 1. The summed E-state index contributed by atoms with van der Waals surface area (Å²) in [5, 5.41) is 6.41. The van der Waals surface area contributed by atoms with Crippen molar-refractivity contribution >= 4 is 23.1 Å². The fourth-order valence-electron chi connectivity index (χ4n) is 2.92. The average molecular weight is 406 g/mol. The smallest absolute Gasteiger partial charge is 0.190 e. The number of allylic oxidation sites excluding steroid dienone is 1. The van der Waals surface area contributed by atoms with E-state index in [1.165, 1.54) is 18.2 Å². The number of aliphatic imine (C=N–C) groups is 2. The fraction of sp³-hybridized carbons (Fsp3) is 0.174. The minimum absolute atomic E-state index is 0.232. The van der Waals surface area contributed by atoms with Gasteiger partial charge in [-0.1, -0.05) is 12.6 Å². The zero-order chi connectivity index (χ0) is 21.7. The Bertz CT molecular complexity index is 1070. The van der Waals surface area contributed by atoms with Crippen LogP contribution in [0, 0.1) is 12.7 Å². The molecule has 0 fully saturated rings. The van der Waals surface area contributed by atoms with Crippen molar-refractivity contribution in [3.05, 3.63) is 83.3 Å². The first-order chi connectivity index (χ1) is 14.4. The largest absolute Gasteiger partial charge is 0.495 e.